The molecule has 0 heterocycles. The van der Waals surface area contributed by atoms with Crippen LogP contribution in [0.3, 0.4) is 0 Å². The van der Waals surface area contributed by atoms with Crippen molar-refractivity contribution in [3.63, 3.8) is 0 Å². The monoisotopic (exact) mass is 608 g/mol. The topological polar surface area (TPSA) is 69.6 Å². The molecule has 0 aromatic rings. The van der Waals surface area contributed by atoms with Crippen molar-refractivity contribution < 1.29 is 15.0 Å². The van der Waals surface area contributed by atoms with Gasteiger partial charge in [-0.2, -0.15) is 0 Å². The van der Waals surface area contributed by atoms with Crippen molar-refractivity contribution in [3.8, 4) is 0 Å². The van der Waals surface area contributed by atoms with E-state index in [4.69, 9.17) is 0 Å². The molecule has 0 radical (unpaired) electrons. The summed E-state index contributed by atoms with van der Waals surface area (Å²) >= 11 is 0. The lowest BCUT2D eigenvalue weighted by Crippen LogP contribution is -2.45. The van der Waals surface area contributed by atoms with Gasteiger partial charge in [0.2, 0.25) is 5.91 Å². The van der Waals surface area contributed by atoms with Crippen LogP contribution < -0.4 is 5.32 Å². The third kappa shape index (κ3) is 32.3. The van der Waals surface area contributed by atoms with Crippen LogP contribution in [0.1, 0.15) is 213 Å². The van der Waals surface area contributed by atoms with Crippen molar-refractivity contribution in [1.29, 1.82) is 0 Å². The normalized spacial score (nSPS) is 13.1. The lowest BCUT2D eigenvalue weighted by molar-refractivity contribution is -0.123. The molecule has 0 aliphatic carbocycles. The van der Waals surface area contributed by atoms with E-state index in [1.54, 1.807) is 6.08 Å². The predicted molar refractivity (Wildman–Crippen MR) is 189 cm³/mol. The molecule has 0 aliphatic heterocycles. The number of hydrogen-bond acceptors (Lipinski definition) is 3. The van der Waals surface area contributed by atoms with Gasteiger partial charge < -0.3 is 15.5 Å². The zero-order valence-electron chi connectivity index (χ0n) is 29.2. The highest BCUT2D eigenvalue weighted by molar-refractivity contribution is 5.76. The van der Waals surface area contributed by atoms with Gasteiger partial charge >= 0.3 is 0 Å². The minimum atomic E-state index is -0.829. The molecular weight excluding hydrogens is 530 g/mol. The zero-order chi connectivity index (χ0) is 31.5. The van der Waals surface area contributed by atoms with Crippen molar-refractivity contribution in [1.82, 2.24) is 5.32 Å². The first-order valence-corrected chi connectivity index (χ1v) is 19.4. The first kappa shape index (κ1) is 42.1. The van der Waals surface area contributed by atoms with E-state index in [0.717, 1.165) is 25.7 Å². The molecule has 0 bridgehead atoms. The van der Waals surface area contributed by atoms with E-state index in [9.17, 15) is 15.0 Å². The third-order valence-electron chi connectivity index (χ3n) is 9.00. The van der Waals surface area contributed by atoms with Gasteiger partial charge in [0, 0.05) is 6.42 Å². The number of allylic oxidation sites excluding steroid dienone is 1. The number of hydrogen-bond donors (Lipinski definition) is 3. The van der Waals surface area contributed by atoms with Crippen molar-refractivity contribution in [2.24, 2.45) is 0 Å². The lowest BCUT2D eigenvalue weighted by atomic mass is 10.0. The fraction of sp³-hybridized carbons (Fsp3) is 0.923. The molecule has 2 unspecified atom stereocenters. The molecule has 43 heavy (non-hydrogen) atoms. The van der Waals surface area contributed by atoms with Crippen LogP contribution >= 0.6 is 0 Å². The maximum Gasteiger partial charge on any atom is 0.220 e. The smallest absolute Gasteiger partial charge is 0.220 e. The summed E-state index contributed by atoms with van der Waals surface area (Å²) in [5, 5.41) is 22.3. The van der Waals surface area contributed by atoms with Crippen molar-refractivity contribution in [2.45, 2.75) is 225 Å². The average molecular weight is 608 g/mol. The fourth-order valence-electron chi connectivity index (χ4n) is 6.01. The summed E-state index contributed by atoms with van der Waals surface area (Å²) in [6.45, 7) is 4.13. The van der Waals surface area contributed by atoms with E-state index in [0.29, 0.717) is 6.42 Å². The van der Waals surface area contributed by atoms with Crippen molar-refractivity contribution in [2.75, 3.05) is 6.61 Å². The summed E-state index contributed by atoms with van der Waals surface area (Å²) in [5.74, 6) is -0.0724. The Morgan fingerprint density at radius 2 is 0.860 bits per heavy atom. The molecule has 1 amide bonds. The molecular formula is C39H77NO3. The Hall–Kier alpha value is -0.870. The van der Waals surface area contributed by atoms with Gasteiger partial charge in [-0.3, -0.25) is 4.79 Å². The molecule has 0 fully saturated rings. The number of carbonyl (C=O) groups excluding carboxylic acids is 1. The maximum atomic E-state index is 12.1. The van der Waals surface area contributed by atoms with E-state index in [1.165, 1.54) is 167 Å². The van der Waals surface area contributed by atoms with E-state index >= 15 is 0 Å². The number of rotatable bonds is 35. The summed E-state index contributed by atoms with van der Waals surface area (Å²) in [7, 11) is 0. The van der Waals surface area contributed by atoms with Gasteiger partial charge in [0.25, 0.3) is 0 Å². The predicted octanol–water partition coefficient (Wildman–Crippen LogP) is 11.5. The number of nitrogens with one attached hydrogen (secondary N) is 1. The largest absolute Gasteiger partial charge is 0.394 e. The summed E-state index contributed by atoms with van der Waals surface area (Å²) in [5.41, 5.74) is 0. The Labute approximate surface area is 269 Å². The van der Waals surface area contributed by atoms with Crippen LogP contribution in [0.4, 0.5) is 0 Å². The van der Waals surface area contributed by atoms with Crippen LogP contribution in [0.2, 0.25) is 0 Å². The van der Waals surface area contributed by atoms with Crippen LogP contribution in [0.15, 0.2) is 12.2 Å². The number of amides is 1. The van der Waals surface area contributed by atoms with Gasteiger partial charge in [-0.05, 0) is 12.8 Å². The van der Waals surface area contributed by atoms with E-state index in [1.807, 2.05) is 6.08 Å². The Bertz CT molecular complexity index is 579. The molecule has 0 spiro atoms. The molecule has 0 aliphatic rings. The third-order valence-corrected chi connectivity index (χ3v) is 9.00. The van der Waals surface area contributed by atoms with Gasteiger partial charge in [-0.1, -0.05) is 206 Å². The van der Waals surface area contributed by atoms with E-state index in [2.05, 4.69) is 19.2 Å². The molecule has 4 heteroatoms. The Kier molecular flexibility index (Phi) is 34.9. The number of aliphatic hydroxyl groups is 2. The van der Waals surface area contributed by atoms with Gasteiger partial charge in [-0.25, -0.2) is 0 Å². The SMILES string of the molecule is CCC/C=C/C(O)C(CO)NC(=O)CCCCCCCCCCCCCCCCCCCCCCCCCCCCCC. The number of carbonyl (C=O) groups is 1. The van der Waals surface area contributed by atoms with Crippen molar-refractivity contribution >= 4 is 5.91 Å². The highest BCUT2D eigenvalue weighted by Gasteiger charge is 2.17. The second-order valence-corrected chi connectivity index (χ2v) is 13.4. The summed E-state index contributed by atoms with van der Waals surface area (Å²) in [6, 6.07) is -0.612. The van der Waals surface area contributed by atoms with Gasteiger partial charge in [0.05, 0.1) is 18.8 Å². The van der Waals surface area contributed by atoms with Crippen LogP contribution in [0.25, 0.3) is 0 Å². The van der Waals surface area contributed by atoms with E-state index < -0.39 is 12.1 Å². The molecule has 3 N–H and O–H groups in total. The van der Waals surface area contributed by atoms with Crippen molar-refractivity contribution in [3.05, 3.63) is 12.2 Å². The molecule has 0 saturated heterocycles. The second-order valence-electron chi connectivity index (χ2n) is 13.4. The Morgan fingerprint density at radius 1 is 0.535 bits per heavy atom. The number of aliphatic hydroxyl groups excluding tert-OH is 2. The summed E-state index contributed by atoms with van der Waals surface area (Å²) in [4.78, 5) is 12.1. The van der Waals surface area contributed by atoms with Gasteiger partial charge in [0.1, 0.15) is 0 Å². The highest BCUT2D eigenvalue weighted by Crippen LogP contribution is 2.16. The molecule has 4 nitrogen and oxygen atoms in total. The van der Waals surface area contributed by atoms with Gasteiger partial charge in [0.15, 0.2) is 0 Å². The zero-order valence-corrected chi connectivity index (χ0v) is 29.2. The lowest BCUT2D eigenvalue weighted by Gasteiger charge is -2.19. The first-order chi connectivity index (χ1) is 21.2. The minimum absolute atomic E-state index is 0.0724. The molecule has 256 valence electrons. The average Bonchev–Trinajstić information content (AvgIpc) is 3.01. The molecule has 0 rings (SSSR count). The van der Waals surface area contributed by atoms with Crippen LogP contribution in [-0.2, 0) is 4.79 Å². The van der Waals surface area contributed by atoms with E-state index in [-0.39, 0.29) is 12.5 Å². The molecule has 0 aromatic carbocycles. The first-order valence-electron chi connectivity index (χ1n) is 19.4. The minimum Gasteiger partial charge on any atom is -0.394 e. The maximum absolute atomic E-state index is 12.1. The fourth-order valence-corrected chi connectivity index (χ4v) is 6.01. The molecule has 0 saturated carbocycles. The quantitative estimate of drug-likeness (QED) is 0.0496. The van der Waals surface area contributed by atoms with Crippen LogP contribution in [0, 0.1) is 0 Å². The second kappa shape index (κ2) is 35.6. The molecule has 2 atom stereocenters. The Balaban J connectivity index is 3.28. The summed E-state index contributed by atoms with van der Waals surface area (Å²) in [6.07, 6.45) is 43.9. The summed E-state index contributed by atoms with van der Waals surface area (Å²) < 4.78 is 0. The highest BCUT2D eigenvalue weighted by atomic mass is 16.3. The standard InChI is InChI=1S/C39H77NO3/c1-3-5-7-8-9-10-11-12-13-14-15-16-17-18-19-20-21-22-23-24-25-26-27-28-29-30-31-33-35-39(43)40-37(36-41)38(42)34-32-6-4-2/h32,34,37-38,41-42H,3-31,33,35-36H2,1-2H3,(H,40,43)/b34-32+. The number of unbranched alkanes of at least 4 members (excludes halogenated alkanes) is 28. The Morgan fingerprint density at radius 3 is 1.16 bits per heavy atom. The van der Waals surface area contributed by atoms with Crippen LogP contribution in [-0.4, -0.2) is 34.9 Å². The van der Waals surface area contributed by atoms with Gasteiger partial charge in [-0.15, -0.1) is 0 Å². The molecule has 0 aromatic heterocycles. The van der Waals surface area contributed by atoms with Crippen LogP contribution in [0.5, 0.6) is 0 Å².